The highest BCUT2D eigenvalue weighted by Gasteiger charge is 2.38. The Morgan fingerprint density at radius 2 is 2.22 bits per heavy atom. The molecule has 0 radical (unpaired) electrons. The number of imidazole rings is 1. The number of anilines is 1. The lowest BCUT2D eigenvalue weighted by molar-refractivity contribution is 0.0122. The topological polar surface area (TPSA) is 136 Å². The molecule has 1 aliphatic rings. The number of nitrogens with two attached hydrogens (primary N) is 1. The van der Waals surface area contributed by atoms with E-state index in [1.807, 2.05) is 24.5 Å². The Morgan fingerprint density at radius 3 is 2.91 bits per heavy atom. The fourth-order valence-corrected chi connectivity index (χ4v) is 3.23. The molecule has 3 rings (SSSR count). The van der Waals surface area contributed by atoms with E-state index in [1.54, 1.807) is 6.33 Å². The molecule has 0 aliphatic heterocycles. The number of aromatic nitrogens is 4. The van der Waals surface area contributed by atoms with Gasteiger partial charge in [0.05, 0.1) is 18.0 Å². The zero-order valence-corrected chi connectivity index (χ0v) is 13.6. The van der Waals surface area contributed by atoms with Gasteiger partial charge in [0.2, 0.25) is 0 Å². The fourth-order valence-electron chi connectivity index (χ4n) is 2.77. The highest BCUT2D eigenvalue weighted by Crippen LogP contribution is 2.44. The largest absolute Gasteiger partial charge is 0.382 e. The van der Waals surface area contributed by atoms with Crippen molar-refractivity contribution in [3.05, 3.63) is 24.3 Å². The van der Waals surface area contributed by atoms with Crippen LogP contribution in [0.1, 0.15) is 26.3 Å². The van der Waals surface area contributed by atoms with Crippen LogP contribution in [0.2, 0.25) is 0 Å². The van der Waals surface area contributed by atoms with Gasteiger partial charge >= 0.3 is 7.60 Å². The Bertz CT molecular complexity index is 829. The van der Waals surface area contributed by atoms with Gasteiger partial charge < -0.3 is 24.8 Å². The summed E-state index contributed by atoms with van der Waals surface area (Å²) in [6, 6.07) is -0.0870. The molecule has 0 saturated carbocycles. The minimum atomic E-state index is -4.22. The quantitative estimate of drug-likeness (QED) is 0.558. The third-order valence-electron chi connectivity index (χ3n) is 4.17. The van der Waals surface area contributed by atoms with Crippen LogP contribution in [0.4, 0.5) is 5.82 Å². The molecule has 0 amide bonds. The number of allylic oxidation sites excluding steroid dienone is 1. The minimum absolute atomic E-state index is 0.0870. The molecule has 10 heteroatoms. The van der Waals surface area contributed by atoms with E-state index < -0.39 is 19.5 Å². The SMILES string of the molecule is CC1=C[C@H](n2cnc3c(N)ncnc32)C[C@]1(C)OCP(=O)(O)O. The second-order valence-corrected chi connectivity index (χ2v) is 7.46. The van der Waals surface area contributed by atoms with Crippen molar-refractivity contribution in [2.24, 2.45) is 0 Å². The molecule has 4 N–H and O–H groups in total. The molecule has 0 fully saturated rings. The molecule has 0 saturated heterocycles. The van der Waals surface area contributed by atoms with Crippen molar-refractivity contribution in [3.63, 3.8) is 0 Å². The summed E-state index contributed by atoms with van der Waals surface area (Å²) >= 11 is 0. The highest BCUT2D eigenvalue weighted by molar-refractivity contribution is 7.51. The molecule has 0 bridgehead atoms. The molecule has 0 aromatic carbocycles. The van der Waals surface area contributed by atoms with Gasteiger partial charge in [0.25, 0.3) is 0 Å². The Morgan fingerprint density at radius 1 is 1.48 bits per heavy atom. The molecule has 9 nitrogen and oxygen atoms in total. The summed E-state index contributed by atoms with van der Waals surface area (Å²) in [5.74, 6) is 0.313. The lowest BCUT2D eigenvalue weighted by Crippen LogP contribution is -2.29. The van der Waals surface area contributed by atoms with Crippen molar-refractivity contribution in [1.82, 2.24) is 19.5 Å². The number of ether oxygens (including phenoxy) is 1. The summed E-state index contributed by atoms with van der Waals surface area (Å²) in [5, 5.41) is 0. The van der Waals surface area contributed by atoms with Crippen LogP contribution >= 0.6 is 7.60 Å². The van der Waals surface area contributed by atoms with Crippen LogP contribution in [0, 0.1) is 0 Å². The minimum Gasteiger partial charge on any atom is -0.382 e. The van der Waals surface area contributed by atoms with E-state index in [2.05, 4.69) is 15.0 Å². The van der Waals surface area contributed by atoms with E-state index in [4.69, 9.17) is 20.3 Å². The third kappa shape index (κ3) is 3.00. The molecule has 0 spiro atoms. The van der Waals surface area contributed by atoms with Crippen LogP contribution in [0.3, 0.4) is 0 Å². The van der Waals surface area contributed by atoms with Gasteiger partial charge in [-0.05, 0) is 19.4 Å². The lowest BCUT2D eigenvalue weighted by Gasteiger charge is -2.28. The zero-order valence-electron chi connectivity index (χ0n) is 12.7. The third-order valence-corrected chi connectivity index (χ3v) is 4.64. The predicted molar refractivity (Wildman–Crippen MR) is 83.5 cm³/mol. The average Bonchev–Trinajstić information content (AvgIpc) is 3.00. The number of rotatable bonds is 4. The van der Waals surface area contributed by atoms with Gasteiger partial charge in [-0.25, -0.2) is 15.0 Å². The second kappa shape index (κ2) is 5.38. The summed E-state index contributed by atoms with van der Waals surface area (Å²) in [4.78, 5) is 30.4. The standard InChI is InChI=1S/C13H18N5O4P/c1-8-3-9(4-13(8,2)22-7-23(19,20)21)18-6-17-10-11(14)15-5-16-12(10)18/h3,5-6,9H,4,7H2,1-2H3,(H2,14,15,16)(H2,19,20,21)/t9-,13-/m0/s1. The highest BCUT2D eigenvalue weighted by atomic mass is 31.2. The first-order chi connectivity index (χ1) is 10.7. The molecule has 23 heavy (non-hydrogen) atoms. The van der Waals surface area contributed by atoms with Crippen LogP contribution in [0.15, 0.2) is 24.3 Å². The monoisotopic (exact) mass is 339 g/mol. The lowest BCUT2D eigenvalue weighted by atomic mass is 9.99. The van der Waals surface area contributed by atoms with Crippen molar-refractivity contribution in [3.8, 4) is 0 Å². The van der Waals surface area contributed by atoms with Crippen molar-refractivity contribution in [1.29, 1.82) is 0 Å². The van der Waals surface area contributed by atoms with Gasteiger partial charge in [0.15, 0.2) is 11.5 Å². The number of hydrogen-bond acceptors (Lipinski definition) is 6. The van der Waals surface area contributed by atoms with Crippen LogP contribution in [0.25, 0.3) is 11.2 Å². The molecule has 124 valence electrons. The normalized spacial score (nSPS) is 25.0. The van der Waals surface area contributed by atoms with Crippen molar-refractivity contribution < 1.29 is 19.1 Å². The van der Waals surface area contributed by atoms with Gasteiger partial charge in [-0.1, -0.05) is 6.08 Å². The molecule has 2 atom stereocenters. The summed E-state index contributed by atoms with van der Waals surface area (Å²) in [7, 11) is -4.22. The van der Waals surface area contributed by atoms with Gasteiger partial charge in [-0.2, -0.15) is 0 Å². The van der Waals surface area contributed by atoms with E-state index >= 15 is 0 Å². The summed E-state index contributed by atoms with van der Waals surface area (Å²) in [6.45, 7) is 3.69. The van der Waals surface area contributed by atoms with E-state index in [9.17, 15) is 4.57 Å². The summed E-state index contributed by atoms with van der Waals surface area (Å²) in [6.07, 6.45) is 4.91. The van der Waals surface area contributed by atoms with E-state index in [0.717, 1.165) is 5.57 Å². The number of nitrogen functional groups attached to an aromatic ring is 1. The smallest absolute Gasteiger partial charge is 0.351 e. The van der Waals surface area contributed by atoms with Crippen molar-refractivity contribution in [2.75, 3.05) is 12.1 Å². The van der Waals surface area contributed by atoms with E-state index in [1.165, 1.54) is 6.33 Å². The predicted octanol–water partition coefficient (Wildman–Crippen LogP) is 1.21. The van der Waals surface area contributed by atoms with Crippen LogP contribution in [-0.4, -0.2) is 41.3 Å². The molecule has 2 aromatic rings. The number of fused-ring (bicyclic) bond motifs is 1. The second-order valence-electron chi connectivity index (χ2n) is 5.87. The average molecular weight is 339 g/mol. The zero-order chi connectivity index (χ0) is 16.8. The molecule has 1 aliphatic carbocycles. The first-order valence-corrected chi connectivity index (χ1v) is 8.80. The van der Waals surface area contributed by atoms with Crippen molar-refractivity contribution in [2.45, 2.75) is 31.9 Å². The first kappa shape index (κ1) is 16.1. The Labute approximate surface area is 132 Å². The van der Waals surface area contributed by atoms with E-state index in [-0.39, 0.29) is 6.04 Å². The maximum atomic E-state index is 11.1. The van der Waals surface area contributed by atoms with Gasteiger partial charge in [0.1, 0.15) is 18.2 Å². The molecular weight excluding hydrogens is 321 g/mol. The van der Waals surface area contributed by atoms with E-state index in [0.29, 0.717) is 23.4 Å². The number of hydrogen-bond donors (Lipinski definition) is 3. The molecular formula is C13H18N5O4P. The van der Waals surface area contributed by atoms with Gasteiger partial charge in [-0.15, -0.1) is 0 Å². The molecule has 2 aromatic heterocycles. The summed E-state index contributed by atoms with van der Waals surface area (Å²) < 4.78 is 18.4. The Kier molecular flexibility index (Phi) is 3.76. The molecule has 0 unspecified atom stereocenters. The van der Waals surface area contributed by atoms with Crippen LogP contribution in [-0.2, 0) is 9.30 Å². The van der Waals surface area contributed by atoms with Crippen LogP contribution < -0.4 is 5.73 Å². The van der Waals surface area contributed by atoms with Gasteiger partial charge in [-0.3, -0.25) is 4.57 Å². The Balaban J connectivity index is 1.88. The van der Waals surface area contributed by atoms with Crippen molar-refractivity contribution >= 4 is 24.6 Å². The Hall–Kier alpha value is -1.80. The first-order valence-electron chi connectivity index (χ1n) is 7.00. The fraction of sp³-hybridized carbons (Fsp3) is 0.462. The van der Waals surface area contributed by atoms with Gasteiger partial charge in [0, 0.05) is 6.42 Å². The molecule has 2 heterocycles. The summed E-state index contributed by atoms with van der Waals surface area (Å²) in [5.41, 5.74) is 7.09. The van der Waals surface area contributed by atoms with Crippen LogP contribution in [0.5, 0.6) is 0 Å². The number of nitrogens with zero attached hydrogens (tertiary/aromatic N) is 4. The maximum absolute atomic E-state index is 11.1. The maximum Gasteiger partial charge on any atom is 0.351 e.